The molecule has 7 nitrogen and oxygen atoms in total. The Labute approximate surface area is 136 Å². The number of H-pyrrole nitrogens is 2. The Bertz CT molecular complexity index is 846. The second-order valence-corrected chi connectivity index (χ2v) is 6.10. The number of hydrogen-bond donors (Lipinski definition) is 4. The van der Waals surface area contributed by atoms with Gasteiger partial charge in [0.25, 0.3) is 0 Å². The van der Waals surface area contributed by atoms with Gasteiger partial charge < -0.3 is 15.4 Å². The maximum absolute atomic E-state index is 11.5. The van der Waals surface area contributed by atoms with Crippen molar-refractivity contribution >= 4 is 28.7 Å². The van der Waals surface area contributed by atoms with Gasteiger partial charge in [0.15, 0.2) is 16.6 Å². The van der Waals surface area contributed by atoms with Gasteiger partial charge in [0, 0.05) is 11.8 Å². The smallest absolute Gasteiger partial charge is 0.325 e. The summed E-state index contributed by atoms with van der Waals surface area (Å²) in [5.74, 6) is 1.24. The van der Waals surface area contributed by atoms with Crippen LogP contribution in [0.25, 0.3) is 11.2 Å². The number of imidazole rings is 1. The molecule has 0 amide bonds. The van der Waals surface area contributed by atoms with E-state index in [1.54, 1.807) is 0 Å². The highest BCUT2D eigenvalue weighted by Gasteiger charge is 2.13. The van der Waals surface area contributed by atoms with Gasteiger partial charge in [0.05, 0.1) is 6.61 Å². The molecule has 3 aromatic rings. The van der Waals surface area contributed by atoms with E-state index in [-0.39, 0.29) is 18.3 Å². The lowest BCUT2D eigenvalue weighted by atomic mass is 10.2. The minimum absolute atomic E-state index is 0.0351. The van der Waals surface area contributed by atoms with Crippen molar-refractivity contribution in [2.24, 2.45) is 0 Å². The molecule has 0 radical (unpaired) electrons. The minimum atomic E-state index is -0.334. The number of nitrogens with one attached hydrogen (secondary N) is 3. The Morgan fingerprint density at radius 3 is 2.78 bits per heavy atom. The summed E-state index contributed by atoms with van der Waals surface area (Å²) >= 11 is 1.49. The van der Waals surface area contributed by atoms with Crippen LogP contribution in [0.15, 0.2) is 40.3 Å². The monoisotopic (exact) mass is 331 g/mol. The molecule has 0 saturated heterocycles. The highest BCUT2D eigenvalue weighted by atomic mass is 32.2. The van der Waals surface area contributed by atoms with Crippen LogP contribution in [0.3, 0.4) is 0 Å². The molecule has 0 unspecified atom stereocenters. The van der Waals surface area contributed by atoms with Crippen LogP contribution in [-0.2, 0) is 5.75 Å². The van der Waals surface area contributed by atoms with E-state index in [2.05, 4.69) is 25.3 Å². The Kier molecular flexibility index (Phi) is 4.63. The molecular formula is C15H17N5O2S. The Morgan fingerprint density at radius 2 is 2.04 bits per heavy atom. The Balaban J connectivity index is 1.89. The van der Waals surface area contributed by atoms with Gasteiger partial charge in [-0.25, -0.2) is 14.8 Å². The van der Waals surface area contributed by atoms with Crippen LogP contribution < -0.4 is 11.0 Å². The Hall–Kier alpha value is -2.32. The third-order valence-corrected chi connectivity index (χ3v) is 4.15. The van der Waals surface area contributed by atoms with E-state index in [1.165, 1.54) is 17.3 Å². The molecule has 2 heterocycles. The van der Waals surface area contributed by atoms with E-state index < -0.39 is 0 Å². The number of thioether (sulfide) groups is 1. The first-order chi connectivity index (χ1) is 11.2. The zero-order chi connectivity index (χ0) is 16.2. The molecule has 0 aliphatic carbocycles. The first-order valence-electron chi connectivity index (χ1n) is 7.20. The lowest BCUT2D eigenvalue weighted by Gasteiger charge is -2.12. The van der Waals surface area contributed by atoms with Crippen molar-refractivity contribution in [2.75, 3.05) is 11.9 Å². The fourth-order valence-electron chi connectivity index (χ4n) is 2.07. The molecule has 23 heavy (non-hydrogen) atoms. The third kappa shape index (κ3) is 3.72. The first-order valence-corrected chi connectivity index (χ1v) is 8.18. The predicted octanol–water partition coefficient (Wildman–Crippen LogP) is 1.73. The Morgan fingerprint density at radius 1 is 1.26 bits per heavy atom. The number of fused-ring (bicyclic) bond motifs is 1. The highest BCUT2D eigenvalue weighted by Crippen LogP contribution is 2.24. The summed E-state index contributed by atoms with van der Waals surface area (Å²) in [6.07, 6.45) is 0. The molecular weight excluding hydrogens is 314 g/mol. The molecule has 0 fully saturated rings. The number of aromatic nitrogens is 4. The van der Waals surface area contributed by atoms with Crippen LogP contribution in [0, 0.1) is 0 Å². The molecule has 2 aromatic heterocycles. The fourth-order valence-corrected chi connectivity index (χ4v) is 2.87. The summed E-state index contributed by atoms with van der Waals surface area (Å²) in [6.45, 7) is 1.79. The molecule has 8 heteroatoms. The van der Waals surface area contributed by atoms with Crippen LogP contribution in [0.2, 0.25) is 0 Å². The molecule has 120 valence electrons. The van der Waals surface area contributed by atoms with Crippen molar-refractivity contribution in [1.29, 1.82) is 0 Å². The molecule has 0 aliphatic heterocycles. The standard InChI is InChI=1S/C15H17N5O2S/c1-9(7-21)16-12-11-13(18-14(22)17-11)20-15(19-12)23-8-10-5-3-2-4-6-10/h2-6,9,21H,7-8H2,1H3,(H3,16,17,18,19,20,22)/t9-/m1/s1. The highest BCUT2D eigenvalue weighted by molar-refractivity contribution is 7.98. The minimum Gasteiger partial charge on any atom is -0.394 e. The molecule has 1 atom stereocenters. The van der Waals surface area contributed by atoms with Crippen molar-refractivity contribution in [1.82, 2.24) is 19.9 Å². The number of aliphatic hydroxyl groups is 1. The lowest BCUT2D eigenvalue weighted by Crippen LogP contribution is -2.20. The largest absolute Gasteiger partial charge is 0.394 e. The third-order valence-electron chi connectivity index (χ3n) is 3.23. The summed E-state index contributed by atoms with van der Waals surface area (Å²) in [4.78, 5) is 25.7. The molecule has 0 saturated carbocycles. The molecule has 0 spiro atoms. The van der Waals surface area contributed by atoms with Crippen molar-refractivity contribution in [2.45, 2.75) is 23.9 Å². The quantitative estimate of drug-likeness (QED) is 0.405. The number of nitrogens with zero attached hydrogens (tertiary/aromatic N) is 2. The summed E-state index contributed by atoms with van der Waals surface area (Å²) in [6, 6.07) is 9.84. The van der Waals surface area contributed by atoms with Crippen LogP contribution >= 0.6 is 11.8 Å². The maximum Gasteiger partial charge on any atom is 0.325 e. The van der Waals surface area contributed by atoms with E-state index in [0.29, 0.717) is 22.1 Å². The number of aromatic amines is 2. The van der Waals surface area contributed by atoms with Crippen molar-refractivity contribution in [3.05, 3.63) is 46.4 Å². The maximum atomic E-state index is 11.5. The van der Waals surface area contributed by atoms with Gasteiger partial charge in [-0.05, 0) is 12.5 Å². The molecule has 0 bridgehead atoms. The van der Waals surface area contributed by atoms with Gasteiger partial charge in [0.1, 0.15) is 5.52 Å². The average molecular weight is 331 g/mol. The number of anilines is 1. The van der Waals surface area contributed by atoms with E-state index in [9.17, 15) is 9.90 Å². The van der Waals surface area contributed by atoms with Crippen LogP contribution in [-0.4, -0.2) is 37.7 Å². The summed E-state index contributed by atoms with van der Waals surface area (Å²) in [5, 5.41) is 12.8. The summed E-state index contributed by atoms with van der Waals surface area (Å²) in [5.41, 5.74) is 1.80. The van der Waals surface area contributed by atoms with Crippen molar-refractivity contribution < 1.29 is 5.11 Å². The van der Waals surface area contributed by atoms with Gasteiger partial charge in [0.2, 0.25) is 0 Å². The van der Waals surface area contributed by atoms with Gasteiger partial charge in [-0.3, -0.25) is 4.98 Å². The van der Waals surface area contributed by atoms with Crippen LogP contribution in [0.1, 0.15) is 12.5 Å². The first kappa shape index (κ1) is 15.6. The number of hydrogen-bond acceptors (Lipinski definition) is 6. The van der Waals surface area contributed by atoms with Gasteiger partial charge in [-0.2, -0.15) is 0 Å². The predicted molar refractivity (Wildman–Crippen MR) is 90.7 cm³/mol. The van der Waals surface area contributed by atoms with E-state index >= 15 is 0 Å². The number of rotatable bonds is 6. The van der Waals surface area contributed by atoms with E-state index in [0.717, 1.165) is 5.75 Å². The normalized spacial score (nSPS) is 12.4. The topological polar surface area (TPSA) is 107 Å². The average Bonchev–Trinajstić information content (AvgIpc) is 2.94. The SMILES string of the molecule is C[C@H](CO)Nc1nc(SCc2ccccc2)nc2[nH]c(=O)[nH]c12. The van der Waals surface area contributed by atoms with E-state index in [1.807, 2.05) is 37.3 Å². The van der Waals surface area contributed by atoms with Crippen molar-refractivity contribution in [3.8, 4) is 0 Å². The molecule has 3 rings (SSSR count). The molecule has 1 aromatic carbocycles. The zero-order valence-corrected chi connectivity index (χ0v) is 13.4. The fraction of sp³-hybridized carbons (Fsp3) is 0.267. The molecule has 0 aliphatic rings. The van der Waals surface area contributed by atoms with Crippen molar-refractivity contribution in [3.63, 3.8) is 0 Å². The van der Waals surface area contributed by atoms with Crippen LogP contribution in [0.5, 0.6) is 0 Å². The molecule has 4 N–H and O–H groups in total. The summed E-state index contributed by atoms with van der Waals surface area (Å²) in [7, 11) is 0. The number of benzene rings is 1. The zero-order valence-electron chi connectivity index (χ0n) is 12.5. The second kappa shape index (κ2) is 6.84. The summed E-state index contributed by atoms with van der Waals surface area (Å²) < 4.78 is 0. The lowest BCUT2D eigenvalue weighted by molar-refractivity contribution is 0.281. The second-order valence-electron chi connectivity index (χ2n) is 5.16. The number of aliphatic hydroxyl groups excluding tert-OH is 1. The van der Waals surface area contributed by atoms with Gasteiger partial charge in [-0.15, -0.1) is 0 Å². The van der Waals surface area contributed by atoms with E-state index in [4.69, 9.17) is 0 Å². The van der Waals surface area contributed by atoms with Crippen LogP contribution in [0.4, 0.5) is 5.82 Å². The van der Waals surface area contributed by atoms with Gasteiger partial charge >= 0.3 is 5.69 Å². The van der Waals surface area contributed by atoms with Gasteiger partial charge in [-0.1, -0.05) is 42.1 Å².